The molecule has 1 N–H and O–H groups in total. The van der Waals surface area contributed by atoms with Crippen molar-refractivity contribution in [3.8, 4) is 5.75 Å². The lowest BCUT2D eigenvalue weighted by Crippen LogP contribution is -2.19. The van der Waals surface area contributed by atoms with E-state index in [-0.39, 0.29) is 10.6 Å². The first-order chi connectivity index (χ1) is 9.70. The van der Waals surface area contributed by atoms with Gasteiger partial charge in [-0.05, 0) is 31.9 Å². The van der Waals surface area contributed by atoms with Gasteiger partial charge in [0.15, 0.2) is 0 Å². The van der Waals surface area contributed by atoms with Crippen LogP contribution in [0.15, 0.2) is 18.2 Å². The van der Waals surface area contributed by atoms with Gasteiger partial charge in [0.25, 0.3) is 5.69 Å². The summed E-state index contributed by atoms with van der Waals surface area (Å²) in [4.78, 5) is 10.9. The number of hydrogen-bond donors (Lipinski definition) is 1. The van der Waals surface area contributed by atoms with Crippen molar-refractivity contribution in [3.05, 3.63) is 28.3 Å². The Kier molecular flexibility index (Phi) is 5.21. The SMILES string of the molecule is CCOc1ccc(NC2CCCCCC2)c([N+](=O)[O-])c1. The topological polar surface area (TPSA) is 64.4 Å². The van der Waals surface area contributed by atoms with E-state index < -0.39 is 0 Å². The Morgan fingerprint density at radius 2 is 2.00 bits per heavy atom. The molecule has 0 unspecified atom stereocenters. The quantitative estimate of drug-likeness (QED) is 0.499. The van der Waals surface area contributed by atoms with Crippen LogP contribution in [0.2, 0.25) is 0 Å². The number of nitro benzene ring substituents is 1. The van der Waals surface area contributed by atoms with Crippen molar-refractivity contribution in [3.63, 3.8) is 0 Å². The average Bonchev–Trinajstić information content (AvgIpc) is 2.69. The summed E-state index contributed by atoms with van der Waals surface area (Å²) in [5.74, 6) is 0.547. The lowest BCUT2D eigenvalue weighted by molar-refractivity contribution is -0.384. The zero-order chi connectivity index (χ0) is 14.4. The Bertz CT molecular complexity index is 454. The molecule has 0 bridgehead atoms. The molecule has 0 aliphatic heterocycles. The van der Waals surface area contributed by atoms with Gasteiger partial charge in [0.1, 0.15) is 11.4 Å². The number of nitrogens with one attached hydrogen (secondary N) is 1. The van der Waals surface area contributed by atoms with E-state index in [1.165, 1.54) is 31.7 Å². The molecule has 0 atom stereocenters. The molecular weight excluding hydrogens is 256 g/mol. The third kappa shape index (κ3) is 3.85. The highest BCUT2D eigenvalue weighted by molar-refractivity contribution is 5.64. The molecule has 1 saturated carbocycles. The summed E-state index contributed by atoms with van der Waals surface area (Å²) >= 11 is 0. The van der Waals surface area contributed by atoms with Gasteiger partial charge in [0.2, 0.25) is 0 Å². The first-order valence-corrected chi connectivity index (χ1v) is 7.38. The van der Waals surface area contributed by atoms with Crippen molar-refractivity contribution in [2.45, 2.75) is 51.5 Å². The van der Waals surface area contributed by atoms with Gasteiger partial charge in [-0.25, -0.2) is 0 Å². The largest absolute Gasteiger partial charge is 0.494 e. The van der Waals surface area contributed by atoms with Crippen LogP contribution in [0.5, 0.6) is 5.75 Å². The molecule has 20 heavy (non-hydrogen) atoms. The van der Waals surface area contributed by atoms with Gasteiger partial charge in [-0.3, -0.25) is 10.1 Å². The van der Waals surface area contributed by atoms with Crippen LogP contribution in [0.4, 0.5) is 11.4 Å². The molecule has 0 radical (unpaired) electrons. The predicted octanol–water partition coefficient (Wildman–Crippen LogP) is 4.13. The molecule has 1 aromatic carbocycles. The molecule has 0 aromatic heterocycles. The molecule has 1 aromatic rings. The molecule has 1 aliphatic carbocycles. The summed E-state index contributed by atoms with van der Waals surface area (Å²) in [6.45, 7) is 2.37. The van der Waals surface area contributed by atoms with Gasteiger partial charge in [0, 0.05) is 6.04 Å². The molecule has 1 aliphatic rings. The van der Waals surface area contributed by atoms with Gasteiger partial charge in [-0.15, -0.1) is 0 Å². The first-order valence-electron chi connectivity index (χ1n) is 7.38. The first kappa shape index (κ1) is 14.6. The van der Waals surface area contributed by atoms with Crippen LogP contribution in [0.3, 0.4) is 0 Å². The van der Waals surface area contributed by atoms with Crippen LogP contribution < -0.4 is 10.1 Å². The Morgan fingerprint density at radius 3 is 2.60 bits per heavy atom. The third-order valence-electron chi connectivity index (χ3n) is 3.69. The fourth-order valence-electron chi connectivity index (χ4n) is 2.68. The molecule has 0 saturated heterocycles. The van der Waals surface area contributed by atoms with E-state index in [4.69, 9.17) is 4.74 Å². The smallest absolute Gasteiger partial charge is 0.296 e. The number of hydrogen-bond acceptors (Lipinski definition) is 4. The van der Waals surface area contributed by atoms with Gasteiger partial charge in [0.05, 0.1) is 17.6 Å². The highest BCUT2D eigenvalue weighted by Gasteiger charge is 2.19. The number of ether oxygens (including phenoxy) is 1. The lowest BCUT2D eigenvalue weighted by atomic mass is 10.1. The number of nitro groups is 1. The van der Waals surface area contributed by atoms with E-state index in [0.717, 1.165) is 12.8 Å². The van der Waals surface area contributed by atoms with Gasteiger partial charge in [-0.2, -0.15) is 0 Å². The molecular formula is C15H22N2O3. The van der Waals surface area contributed by atoms with Crippen LogP contribution in [0.25, 0.3) is 0 Å². The number of rotatable bonds is 5. The molecule has 0 spiro atoms. The standard InChI is InChI=1S/C15H22N2O3/c1-2-20-13-9-10-14(15(11-13)17(18)19)16-12-7-5-3-4-6-8-12/h9-12,16H,2-8H2,1H3. The van der Waals surface area contributed by atoms with E-state index in [9.17, 15) is 10.1 Å². The highest BCUT2D eigenvalue weighted by Crippen LogP contribution is 2.31. The van der Waals surface area contributed by atoms with Crippen LogP contribution in [-0.2, 0) is 0 Å². The van der Waals surface area contributed by atoms with Crippen molar-refractivity contribution in [2.75, 3.05) is 11.9 Å². The highest BCUT2D eigenvalue weighted by atomic mass is 16.6. The van der Waals surface area contributed by atoms with Gasteiger partial charge >= 0.3 is 0 Å². The summed E-state index contributed by atoms with van der Waals surface area (Å²) in [6.07, 6.45) is 7.10. The fraction of sp³-hybridized carbons (Fsp3) is 0.600. The summed E-state index contributed by atoms with van der Waals surface area (Å²) in [5.41, 5.74) is 0.700. The maximum atomic E-state index is 11.2. The average molecular weight is 278 g/mol. The van der Waals surface area contributed by atoms with Gasteiger partial charge in [-0.1, -0.05) is 25.7 Å². The minimum absolute atomic E-state index is 0.0974. The van der Waals surface area contributed by atoms with Crippen LogP contribution in [0, 0.1) is 10.1 Å². The molecule has 0 heterocycles. The maximum absolute atomic E-state index is 11.2. The van der Waals surface area contributed by atoms with E-state index in [2.05, 4.69) is 5.32 Å². The Morgan fingerprint density at radius 1 is 1.30 bits per heavy atom. The van der Waals surface area contributed by atoms with E-state index in [0.29, 0.717) is 24.1 Å². The fourth-order valence-corrected chi connectivity index (χ4v) is 2.68. The van der Waals surface area contributed by atoms with Crippen molar-refractivity contribution < 1.29 is 9.66 Å². The summed E-state index contributed by atoms with van der Waals surface area (Å²) in [6, 6.07) is 5.39. The molecule has 2 rings (SSSR count). The summed E-state index contributed by atoms with van der Waals surface area (Å²) < 4.78 is 5.33. The zero-order valence-corrected chi connectivity index (χ0v) is 11.9. The monoisotopic (exact) mass is 278 g/mol. The summed E-state index contributed by atoms with van der Waals surface area (Å²) in [7, 11) is 0. The van der Waals surface area contributed by atoms with Crippen molar-refractivity contribution in [1.82, 2.24) is 0 Å². The van der Waals surface area contributed by atoms with E-state index >= 15 is 0 Å². The van der Waals surface area contributed by atoms with Crippen LogP contribution in [-0.4, -0.2) is 17.6 Å². The molecule has 0 amide bonds. The zero-order valence-electron chi connectivity index (χ0n) is 11.9. The van der Waals surface area contributed by atoms with Crippen LogP contribution >= 0.6 is 0 Å². The van der Waals surface area contributed by atoms with E-state index in [1.54, 1.807) is 12.1 Å². The van der Waals surface area contributed by atoms with Crippen LogP contribution in [0.1, 0.15) is 45.4 Å². The second-order valence-electron chi connectivity index (χ2n) is 5.20. The minimum atomic E-state index is -0.346. The number of anilines is 1. The Labute approximate surface area is 119 Å². The summed E-state index contributed by atoms with van der Waals surface area (Å²) in [5, 5.41) is 14.5. The molecule has 5 nitrogen and oxygen atoms in total. The molecule has 110 valence electrons. The molecule has 5 heteroatoms. The lowest BCUT2D eigenvalue weighted by Gasteiger charge is -2.18. The van der Waals surface area contributed by atoms with Crippen molar-refractivity contribution in [1.29, 1.82) is 0 Å². The van der Waals surface area contributed by atoms with E-state index in [1.807, 2.05) is 6.92 Å². The van der Waals surface area contributed by atoms with Gasteiger partial charge < -0.3 is 10.1 Å². The maximum Gasteiger partial charge on any atom is 0.296 e. The van der Waals surface area contributed by atoms with Crippen molar-refractivity contribution in [2.24, 2.45) is 0 Å². The van der Waals surface area contributed by atoms with Crippen molar-refractivity contribution >= 4 is 11.4 Å². The second kappa shape index (κ2) is 7.12. The normalized spacial score (nSPS) is 16.4. The Hall–Kier alpha value is -1.78. The Balaban J connectivity index is 2.14. The number of benzene rings is 1. The number of nitrogens with zero attached hydrogens (tertiary/aromatic N) is 1. The second-order valence-corrected chi connectivity index (χ2v) is 5.20. The predicted molar refractivity (Wildman–Crippen MR) is 79.4 cm³/mol. The molecule has 1 fully saturated rings. The minimum Gasteiger partial charge on any atom is -0.494 e. The third-order valence-corrected chi connectivity index (χ3v) is 3.69.